The van der Waals surface area contributed by atoms with Gasteiger partial charge in [0.25, 0.3) is 0 Å². The topological polar surface area (TPSA) is 80.4 Å². The van der Waals surface area contributed by atoms with Crippen LogP contribution in [0.5, 0.6) is 0 Å². The maximum Gasteiger partial charge on any atom is 0.303 e. The minimum absolute atomic E-state index is 0.117. The van der Waals surface area contributed by atoms with Gasteiger partial charge in [-0.2, -0.15) is 11.8 Å². The fourth-order valence-electron chi connectivity index (χ4n) is 2.09. The van der Waals surface area contributed by atoms with Crippen LogP contribution in [0.1, 0.15) is 35.2 Å². The van der Waals surface area contributed by atoms with E-state index in [1.54, 1.807) is 0 Å². The molecule has 1 amide bonds. The van der Waals surface area contributed by atoms with Crippen LogP contribution in [0.2, 0.25) is 0 Å². The molecule has 2 rings (SSSR count). The monoisotopic (exact) mass is 297 g/mol. The predicted octanol–water partition coefficient (Wildman–Crippen LogP) is 2.41. The van der Waals surface area contributed by atoms with E-state index in [4.69, 9.17) is 10.8 Å². The van der Waals surface area contributed by atoms with Gasteiger partial charge in [-0.1, -0.05) is 0 Å². The van der Waals surface area contributed by atoms with Crippen molar-refractivity contribution >= 4 is 23.6 Å². The number of halogens is 1. The molecular weight excluding hydrogens is 281 g/mol. The van der Waals surface area contributed by atoms with E-state index in [-0.39, 0.29) is 23.2 Å². The Kier molecular flexibility index (Phi) is 4.32. The van der Waals surface area contributed by atoms with Crippen molar-refractivity contribution in [1.29, 1.82) is 0 Å². The molecule has 1 aliphatic rings. The van der Waals surface area contributed by atoms with Gasteiger partial charge in [-0.15, -0.1) is 0 Å². The smallest absolute Gasteiger partial charge is 0.303 e. The lowest BCUT2D eigenvalue weighted by molar-refractivity contribution is -0.138. The molecule has 0 bridgehead atoms. The second-order valence-corrected chi connectivity index (χ2v) is 6.22. The molecule has 1 saturated carbocycles. The predicted molar refractivity (Wildman–Crippen MR) is 75.0 cm³/mol. The second kappa shape index (κ2) is 5.83. The Morgan fingerprint density at radius 1 is 1.40 bits per heavy atom. The van der Waals surface area contributed by atoms with Gasteiger partial charge in [-0.3, -0.25) is 9.59 Å². The second-order valence-electron chi connectivity index (χ2n) is 5.23. The van der Waals surface area contributed by atoms with Crippen molar-refractivity contribution in [2.45, 2.75) is 25.0 Å². The van der Waals surface area contributed by atoms with Gasteiger partial charge in [-0.25, -0.2) is 4.39 Å². The highest BCUT2D eigenvalue weighted by molar-refractivity contribution is 7.98. The number of carbonyl (C=O) groups excluding carboxylic acids is 1. The van der Waals surface area contributed by atoms with Gasteiger partial charge < -0.3 is 10.8 Å². The number of carboxylic acids is 1. The summed E-state index contributed by atoms with van der Waals surface area (Å²) in [5.74, 6) is -0.634. The molecule has 1 fully saturated rings. The van der Waals surface area contributed by atoms with E-state index in [0.29, 0.717) is 17.1 Å². The summed E-state index contributed by atoms with van der Waals surface area (Å²) in [4.78, 5) is 21.8. The zero-order chi connectivity index (χ0) is 14.8. The molecule has 1 aliphatic carbocycles. The summed E-state index contributed by atoms with van der Waals surface area (Å²) >= 11 is 1.50. The molecule has 108 valence electrons. The fraction of sp³-hybridized carbons (Fsp3) is 0.429. The Hall–Kier alpha value is -1.56. The van der Waals surface area contributed by atoms with Crippen LogP contribution in [0.4, 0.5) is 4.39 Å². The van der Waals surface area contributed by atoms with Crippen LogP contribution in [0, 0.1) is 11.2 Å². The van der Waals surface area contributed by atoms with E-state index in [2.05, 4.69) is 0 Å². The number of primary amides is 1. The average molecular weight is 297 g/mol. The van der Waals surface area contributed by atoms with Crippen molar-refractivity contribution in [3.8, 4) is 0 Å². The third-order valence-electron chi connectivity index (χ3n) is 3.48. The zero-order valence-electron chi connectivity index (χ0n) is 10.9. The summed E-state index contributed by atoms with van der Waals surface area (Å²) < 4.78 is 13.6. The van der Waals surface area contributed by atoms with Gasteiger partial charge in [0.15, 0.2) is 0 Å². The van der Waals surface area contributed by atoms with Crippen LogP contribution in [-0.2, 0) is 10.5 Å². The highest BCUT2D eigenvalue weighted by Crippen LogP contribution is 2.51. The van der Waals surface area contributed by atoms with E-state index in [1.807, 2.05) is 0 Å². The normalized spacial score (nSPS) is 15.8. The Morgan fingerprint density at radius 2 is 2.10 bits per heavy atom. The summed E-state index contributed by atoms with van der Waals surface area (Å²) in [7, 11) is 0. The molecule has 0 heterocycles. The van der Waals surface area contributed by atoms with Gasteiger partial charge in [-0.05, 0) is 47.8 Å². The number of aliphatic carboxylic acids is 1. The number of rotatable bonds is 7. The Morgan fingerprint density at radius 3 is 2.65 bits per heavy atom. The maximum atomic E-state index is 13.6. The number of nitrogens with two attached hydrogens (primary N) is 1. The highest BCUT2D eigenvalue weighted by atomic mass is 32.2. The van der Waals surface area contributed by atoms with E-state index in [0.717, 1.165) is 12.8 Å². The van der Waals surface area contributed by atoms with Crippen LogP contribution >= 0.6 is 11.8 Å². The number of carboxylic acid groups (broad SMARTS) is 1. The van der Waals surface area contributed by atoms with Crippen molar-refractivity contribution in [3.63, 3.8) is 0 Å². The van der Waals surface area contributed by atoms with Gasteiger partial charge >= 0.3 is 5.97 Å². The van der Waals surface area contributed by atoms with Crippen molar-refractivity contribution < 1.29 is 19.1 Å². The minimum Gasteiger partial charge on any atom is -0.481 e. The first kappa shape index (κ1) is 14.8. The fourth-order valence-corrected chi connectivity index (χ4v) is 3.45. The van der Waals surface area contributed by atoms with E-state index < -0.39 is 11.9 Å². The lowest BCUT2D eigenvalue weighted by atomic mass is 10.1. The molecule has 1 aromatic rings. The van der Waals surface area contributed by atoms with Gasteiger partial charge in [0.05, 0.1) is 6.42 Å². The maximum absolute atomic E-state index is 13.6. The first-order valence-corrected chi connectivity index (χ1v) is 7.45. The summed E-state index contributed by atoms with van der Waals surface area (Å²) in [5, 5.41) is 8.83. The molecule has 3 N–H and O–H groups in total. The first-order chi connectivity index (χ1) is 9.42. The molecule has 20 heavy (non-hydrogen) atoms. The number of thioether (sulfide) groups is 1. The number of hydrogen-bond donors (Lipinski definition) is 2. The number of benzene rings is 1. The molecule has 6 heteroatoms. The molecule has 0 unspecified atom stereocenters. The lowest BCUT2D eigenvalue weighted by Crippen LogP contribution is -2.12. The van der Waals surface area contributed by atoms with Crippen LogP contribution in [0.15, 0.2) is 18.2 Å². The van der Waals surface area contributed by atoms with E-state index in [9.17, 15) is 14.0 Å². The lowest BCUT2D eigenvalue weighted by Gasteiger charge is -2.12. The summed E-state index contributed by atoms with van der Waals surface area (Å²) in [6.45, 7) is 0. The SMILES string of the molecule is NC(=O)c1ccc(F)c(CSCC2(CC(=O)O)CC2)c1. The zero-order valence-corrected chi connectivity index (χ0v) is 11.7. The Labute approximate surface area is 120 Å². The number of amides is 1. The van der Waals surface area contributed by atoms with Crippen molar-refractivity contribution in [1.82, 2.24) is 0 Å². The molecule has 0 saturated heterocycles. The highest BCUT2D eigenvalue weighted by Gasteiger charge is 2.44. The third kappa shape index (κ3) is 3.72. The average Bonchev–Trinajstić information content (AvgIpc) is 3.10. The molecule has 0 aromatic heterocycles. The van der Waals surface area contributed by atoms with Crippen LogP contribution in [-0.4, -0.2) is 22.7 Å². The molecule has 1 aromatic carbocycles. The number of hydrogen-bond acceptors (Lipinski definition) is 3. The van der Waals surface area contributed by atoms with E-state index in [1.165, 1.54) is 30.0 Å². The largest absolute Gasteiger partial charge is 0.481 e. The van der Waals surface area contributed by atoms with E-state index >= 15 is 0 Å². The van der Waals surface area contributed by atoms with Crippen molar-refractivity contribution in [2.75, 3.05) is 5.75 Å². The number of carbonyl (C=O) groups is 2. The first-order valence-electron chi connectivity index (χ1n) is 6.30. The van der Waals surface area contributed by atoms with Crippen molar-refractivity contribution in [2.24, 2.45) is 11.1 Å². The third-order valence-corrected chi connectivity index (χ3v) is 4.81. The summed E-state index contributed by atoms with van der Waals surface area (Å²) in [6, 6.07) is 4.06. The standard InChI is InChI=1S/C14H16FNO3S/c15-11-2-1-9(13(16)19)5-10(11)7-20-8-14(3-4-14)6-12(17)18/h1-2,5H,3-4,6-8H2,(H2,16,19)(H,17,18). The quantitative estimate of drug-likeness (QED) is 0.810. The van der Waals surface area contributed by atoms with Gasteiger partial charge in [0.2, 0.25) is 5.91 Å². The molecular formula is C14H16FNO3S. The molecule has 0 aliphatic heterocycles. The molecule has 0 spiro atoms. The Bertz CT molecular complexity index is 543. The Balaban J connectivity index is 1.93. The van der Waals surface area contributed by atoms with Gasteiger partial charge in [0.1, 0.15) is 5.82 Å². The van der Waals surface area contributed by atoms with Crippen LogP contribution in [0.25, 0.3) is 0 Å². The minimum atomic E-state index is -0.787. The van der Waals surface area contributed by atoms with Crippen LogP contribution < -0.4 is 5.73 Å². The summed E-state index contributed by atoms with van der Waals surface area (Å²) in [5.41, 5.74) is 5.76. The van der Waals surface area contributed by atoms with Gasteiger partial charge in [0, 0.05) is 11.3 Å². The molecule has 0 radical (unpaired) electrons. The molecule has 0 atom stereocenters. The van der Waals surface area contributed by atoms with Crippen molar-refractivity contribution in [3.05, 3.63) is 35.1 Å². The molecule has 4 nitrogen and oxygen atoms in total. The summed E-state index contributed by atoms with van der Waals surface area (Å²) in [6.07, 6.45) is 2.00. The van der Waals surface area contributed by atoms with Crippen LogP contribution in [0.3, 0.4) is 0 Å².